The Labute approximate surface area is 208 Å². The van der Waals surface area contributed by atoms with Gasteiger partial charge in [0.25, 0.3) is 5.91 Å². The average molecular weight is 527 g/mol. The van der Waals surface area contributed by atoms with Gasteiger partial charge in [0.15, 0.2) is 6.61 Å². The molecule has 0 fully saturated rings. The van der Waals surface area contributed by atoms with Gasteiger partial charge in [-0.25, -0.2) is 4.39 Å². The van der Waals surface area contributed by atoms with Crippen molar-refractivity contribution in [1.29, 1.82) is 0 Å². The van der Waals surface area contributed by atoms with E-state index in [1.807, 2.05) is 49.4 Å². The molecule has 0 aromatic heterocycles. The smallest absolute Gasteiger partial charge is 0.261 e. The fourth-order valence-corrected chi connectivity index (χ4v) is 3.73. The summed E-state index contributed by atoms with van der Waals surface area (Å²) in [5.74, 6) is -0.375. The lowest BCUT2D eigenvalue weighted by atomic mass is 10.0. The standard InChI is InChI=1S/C27H28BrFN2O3/c1-2-16-30-27(33)25(17-20-6-4-3-5-7-20)31(18-21-8-12-23(29)13-9-21)26(32)19-34-24-14-10-22(28)11-15-24/h3-15,25H,2,16-19H2,1H3,(H,30,33)/t25-/m1/s1. The Balaban J connectivity index is 1.87. The number of rotatable bonds is 11. The third-order valence-corrected chi connectivity index (χ3v) is 5.79. The molecule has 0 aliphatic rings. The van der Waals surface area contributed by atoms with Crippen molar-refractivity contribution < 1.29 is 18.7 Å². The second kappa shape index (κ2) is 12.9. The SMILES string of the molecule is CCCNC(=O)[C@@H](Cc1ccccc1)N(Cc1ccc(F)cc1)C(=O)COc1ccc(Br)cc1. The summed E-state index contributed by atoms with van der Waals surface area (Å²) in [6.45, 7) is 2.41. The van der Waals surface area contributed by atoms with Gasteiger partial charge < -0.3 is 15.0 Å². The summed E-state index contributed by atoms with van der Waals surface area (Å²) in [5.41, 5.74) is 1.66. The first kappa shape index (κ1) is 25.4. The highest BCUT2D eigenvalue weighted by molar-refractivity contribution is 9.10. The van der Waals surface area contributed by atoms with Gasteiger partial charge in [-0.2, -0.15) is 0 Å². The molecule has 0 aliphatic heterocycles. The van der Waals surface area contributed by atoms with E-state index in [0.29, 0.717) is 18.7 Å². The van der Waals surface area contributed by atoms with Crippen molar-refractivity contribution in [3.63, 3.8) is 0 Å². The van der Waals surface area contributed by atoms with Crippen LogP contribution in [0.3, 0.4) is 0 Å². The fraction of sp³-hybridized carbons (Fsp3) is 0.259. The van der Waals surface area contributed by atoms with Crippen LogP contribution < -0.4 is 10.1 Å². The van der Waals surface area contributed by atoms with Gasteiger partial charge in [-0.05, 0) is 53.9 Å². The molecule has 0 unspecified atom stereocenters. The van der Waals surface area contributed by atoms with Crippen LogP contribution in [-0.4, -0.2) is 35.9 Å². The minimum Gasteiger partial charge on any atom is -0.484 e. The molecule has 0 heterocycles. The first-order valence-corrected chi connectivity index (χ1v) is 12.0. The molecule has 3 aromatic carbocycles. The maximum absolute atomic E-state index is 13.5. The van der Waals surface area contributed by atoms with E-state index in [-0.39, 0.29) is 30.8 Å². The number of halogens is 2. The molecule has 0 saturated carbocycles. The Kier molecular flexibility index (Phi) is 9.64. The van der Waals surface area contributed by atoms with Crippen molar-refractivity contribution in [2.75, 3.05) is 13.2 Å². The van der Waals surface area contributed by atoms with E-state index in [2.05, 4.69) is 21.2 Å². The molecule has 0 spiro atoms. The maximum atomic E-state index is 13.5. The highest BCUT2D eigenvalue weighted by Crippen LogP contribution is 2.18. The molecule has 178 valence electrons. The Morgan fingerprint density at radius 1 is 0.971 bits per heavy atom. The molecule has 0 radical (unpaired) electrons. The van der Waals surface area contributed by atoms with Crippen LogP contribution >= 0.6 is 15.9 Å². The highest BCUT2D eigenvalue weighted by atomic mass is 79.9. The number of ether oxygens (including phenoxy) is 1. The van der Waals surface area contributed by atoms with Crippen LogP contribution in [0.25, 0.3) is 0 Å². The van der Waals surface area contributed by atoms with Gasteiger partial charge in [-0.1, -0.05) is 65.3 Å². The van der Waals surface area contributed by atoms with Crippen LogP contribution in [0.5, 0.6) is 5.75 Å². The molecule has 1 atom stereocenters. The number of hydrogen-bond acceptors (Lipinski definition) is 3. The zero-order valence-corrected chi connectivity index (χ0v) is 20.6. The van der Waals surface area contributed by atoms with E-state index >= 15 is 0 Å². The number of benzene rings is 3. The zero-order valence-electron chi connectivity index (χ0n) is 19.0. The van der Waals surface area contributed by atoms with E-state index in [1.54, 1.807) is 24.3 Å². The molecular weight excluding hydrogens is 499 g/mol. The van der Waals surface area contributed by atoms with E-state index < -0.39 is 6.04 Å². The number of carbonyl (C=O) groups is 2. The van der Waals surface area contributed by atoms with E-state index in [0.717, 1.165) is 22.0 Å². The number of nitrogens with zero attached hydrogens (tertiary/aromatic N) is 1. The van der Waals surface area contributed by atoms with Gasteiger partial charge in [0.05, 0.1) is 0 Å². The summed E-state index contributed by atoms with van der Waals surface area (Å²) < 4.78 is 20.1. The molecule has 2 amide bonds. The highest BCUT2D eigenvalue weighted by Gasteiger charge is 2.30. The third kappa shape index (κ3) is 7.70. The van der Waals surface area contributed by atoms with Crippen molar-refractivity contribution in [3.8, 4) is 5.75 Å². The second-order valence-corrected chi connectivity index (χ2v) is 8.80. The van der Waals surface area contributed by atoms with E-state index in [1.165, 1.54) is 17.0 Å². The Morgan fingerprint density at radius 2 is 1.65 bits per heavy atom. The lowest BCUT2D eigenvalue weighted by Crippen LogP contribution is -2.51. The number of amides is 2. The summed E-state index contributed by atoms with van der Waals surface area (Å²) in [6.07, 6.45) is 1.13. The Hall–Kier alpha value is -3.19. The molecule has 0 saturated heterocycles. The van der Waals surface area contributed by atoms with Crippen molar-refractivity contribution in [3.05, 3.63) is 100 Å². The summed E-state index contributed by atoms with van der Waals surface area (Å²) >= 11 is 3.38. The molecule has 34 heavy (non-hydrogen) atoms. The predicted molar refractivity (Wildman–Crippen MR) is 134 cm³/mol. The molecule has 3 rings (SSSR count). The van der Waals surface area contributed by atoms with Crippen molar-refractivity contribution in [1.82, 2.24) is 10.2 Å². The summed E-state index contributed by atoms with van der Waals surface area (Å²) in [4.78, 5) is 28.1. The molecule has 3 aromatic rings. The lowest BCUT2D eigenvalue weighted by molar-refractivity contribution is -0.142. The van der Waals surface area contributed by atoms with Gasteiger partial charge in [0.1, 0.15) is 17.6 Å². The molecular formula is C27H28BrFN2O3. The second-order valence-electron chi connectivity index (χ2n) is 7.89. The normalized spacial score (nSPS) is 11.5. The molecule has 5 nitrogen and oxygen atoms in total. The number of nitrogens with one attached hydrogen (secondary N) is 1. The van der Waals surface area contributed by atoms with Crippen molar-refractivity contribution >= 4 is 27.7 Å². The van der Waals surface area contributed by atoms with E-state index in [9.17, 15) is 14.0 Å². The van der Waals surface area contributed by atoms with Crippen LogP contribution in [0.4, 0.5) is 4.39 Å². The average Bonchev–Trinajstić information content (AvgIpc) is 2.86. The van der Waals surface area contributed by atoms with Gasteiger partial charge in [0, 0.05) is 24.0 Å². The first-order valence-electron chi connectivity index (χ1n) is 11.2. The molecule has 1 N–H and O–H groups in total. The van der Waals surface area contributed by atoms with Crippen LogP contribution in [0.1, 0.15) is 24.5 Å². The maximum Gasteiger partial charge on any atom is 0.261 e. The fourth-order valence-electron chi connectivity index (χ4n) is 3.47. The third-order valence-electron chi connectivity index (χ3n) is 5.26. The first-order chi connectivity index (χ1) is 16.5. The van der Waals surface area contributed by atoms with Crippen LogP contribution in [-0.2, 0) is 22.6 Å². The van der Waals surface area contributed by atoms with Crippen LogP contribution in [0.15, 0.2) is 83.3 Å². The topological polar surface area (TPSA) is 58.6 Å². The molecule has 7 heteroatoms. The minimum absolute atomic E-state index is 0.153. The summed E-state index contributed by atoms with van der Waals surface area (Å²) in [7, 11) is 0. The van der Waals surface area contributed by atoms with Crippen LogP contribution in [0.2, 0.25) is 0 Å². The molecule has 0 bridgehead atoms. The quantitative estimate of drug-likeness (QED) is 0.376. The van der Waals surface area contributed by atoms with Gasteiger partial charge >= 0.3 is 0 Å². The Bertz CT molecular complexity index is 1060. The minimum atomic E-state index is -0.750. The molecule has 0 aliphatic carbocycles. The van der Waals surface area contributed by atoms with Gasteiger partial charge in [-0.3, -0.25) is 9.59 Å². The summed E-state index contributed by atoms with van der Waals surface area (Å²) in [6, 6.07) is 21.9. The largest absolute Gasteiger partial charge is 0.484 e. The predicted octanol–water partition coefficient (Wildman–Crippen LogP) is 5.13. The van der Waals surface area contributed by atoms with Gasteiger partial charge in [0.2, 0.25) is 5.91 Å². The summed E-state index contributed by atoms with van der Waals surface area (Å²) in [5, 5.41) is 2.92. The van der Waals surface area contributed by atoms with Crippen LogP contribution in [0, 0.1) is 5.82 Å². The zero-order chi connectivity index (χ0) is 24.3. The van der Waals surface area contributed by atoms with E-state index in [4.69, 9.17) is 4.74 Å². The van der Waals surface area contributed by atoms with Crippen molar-refractivity contribution in [2.45, 2.75) is 32.4 Å². The number of carbonyl (C=O) groups excluding carboxylic acids is 2. The lowest BCUT2D eigenvalue weighted by Gasteiger charge is -2.31. The van der Waals surface area contributed by atoms with Crippen molar-refractivity contribution in [2.24, 2.45) is 0 Å². The monoisotopic (exact) mass is 526 g/mol. The van der Waals surface area contributed by atoms with Gasteiger partial charge in [-0.15, -0.1) is 0 Å². The Morgan fingerprint density at radius 3 is 2.29 bits per heavy atom. The number of hydrogen-bond donors (Lipinski definition) is 1.